The smallest absolute Gasteiger partial charge is 0.124 e. The van der Waals surface area contributed by atoms with Crippen molar-refractivity contribution in [3.8, 4) is 10.6 Å². The van der Waals surface area contributed by atoms with Gasteiger partial charge in [0, 0.05) is 10.9 Å². The van der Waals surface area contributed by atoms with E-state index < -0.39 is 0 Å². The molecule has 0 unspecified atom stereocenters. The summed E-state index contributed by atoms with van der Waals surface area (Å²) in [6.07, 6.45) is 0. The lowest BCUT2D eigenvalue weighted by Crippen LogP contribution is -1.80. The second-order valence-corrected chi connectivity index (χ2v) is 5.41. The van der Waals surface area contributed by atoms with Crippen molar-refractivity contribution in [3.63, 3.8) is 0 Å². The lowest BCUT2D eigenvalue weighted by molar-refractivity contribution is 1.41. The van der Waals surface area contributed by atoms with Crippen molar-refractivity contribution in [1.29, 1.82) is 0 Å². The molecule has 0 radical (unpaired) electrons. The van der Waals surface area contributed by atoms with E-state index in [0.717, 1.165) is 15.9 Å². The van der Waals surface area contributed by atoms with Crippen molar-refractivity contribution in [2.24, 2.45) is 0 Å². The van der Waals surface area contributed by atoms with Crippen molar-refractivity contribution in [3.05, 3.63) is 54.1 Å². The van der Waals surface area contributed by atoms with Gasteiger partial charge in [0.2, 0.25) is 0 Å². The predicted molar refractivity (Wildman–Crippen MR) is 77.7 cm³/mol. The fraction of sp³-hybridized carbons (Fsp3) is 0.0714. The van der Waals surface area contributed by atoms with E-state index in [9.17, 15) is 0 Å². The Labute approximate surface area is 112 Å². The molecular formula is C14H10BrNS. The number of halogens is 1. The van der Waals surface area contributed by atoms with E-state index in [0.29, 0.717) is 0 Å². The first-order chi connectivity index (χ1) is 8.36. The van der Waals surface area contributed by atoms with Gasteiger partial charge in [0.1, 0.15) is 5.01 Å². The third-order valence-electron chi connectivity index (χ3n) is 2.62. The number of nitrogens with zero attached hydrogens (tertiary/aromatic N) is 1. The molecule has 84 valence electrons. The van der Waals surface area contributed by atoms with E-state index in [2.05, 4.69) is 63.4 Å². The van der Waals surface area contributed by atoms with Gasteiger partial charge >= 0.3 is 0 Å². The van der Waals surface area contributed by atoms with E-state index in [4.69, 9.17) is 0 Å². The first-order valence-corrected chi connectivity index (χ1v) is 7.31. The molecule has 1 heterocycles. The van der Waals surface area contributed by atoms with E-state index in [-0.39, 0.29) is 0 Å². The maximum atomic E-state index is 4.66. The maximum absolute atomic E-state index is 4.66. The van der Waals surface area contributed by atoms with Crippen LogP contribution in [0.3, 0.4) is 0 Å². The molecule has 1 aromatic heterocycles. The van der Waals surface area contributed by atoms with E-state index >= 15 is 0 Å². The summed E-state index contributed by atoms with van der Waals surface area (Å²) >= 11 is 5.23. The maximum Gasteiger partial charge on any atom is 0.124 e. The Kier molecular flexibility index (Phi) is 2.95. The molecule has 0 aliphatic heterocycles. The zero-order valence-electron chi connectivity index (χ0n) is 9.06. The second-order valence-electron chi connectivity index (χ2n) is 3.82. The summed E-state index contributed by atoms with van der Waals surface area (Å²) in [5.41, 5.74) is 3.56. The van der Waals surface area contributed by atoms with Crippen LogP contribution in [0.15, 0.2) is 48.5 Å². The van der Waals surface area contributed by atoms with Crippen LogP contribution in [0.1, 0.15) is 5.56 Å². The van der Waals surface area contributed by atoms with Crippen molar-refractivity contribution >= 4 is 37.5 Å². The summed E-state index contributed by atoms with van der Waals surface area (Å²) in [7, 11) is 0. The molecule has 0 saturated carbocycles. The lowest BCUT2D eigenvalue weighted by atomic mass is 10.1. The highest BCUT2D eigenvalue weighted by Gasteiger charge is 2.05. The molecule has 3 rings (SSSR count). The van der Waals surface area contributed by atoms with Gasteiger partial charge in [-0.05, 0) is 23.8 Å². The third-order valence-corrected chi connectivity index (χ3v) is 4.36. The standard InChI is InChI=1S/C14H10BrNS/c15-9-10-4-3-5-11(8-10)14-16-12-6-1-2-7-13(12)17-14/h1-8H,9H2. The number of para-hydroxylation sites is 1. The summed E-state index contributed by atoms with van der Waals surface area (Å²) in [5, 5.41) is 1.97. The minimum Gasteiger partial charge on any atom is -0.236 e. The van der Waals surface area contributed by atoms with Crippen LogP contribution in [0, 0.1) is 0 Å². The van der Waals surface area contributed by atoms with Crippen molar-refractivity contribution in [2.75, 3.05) is 0 Å². The van der Waals surface area contributed by atoms with Gasteiger partial charge in [-0.15, -0.1) is 11.3 Å². The highest BCUT2D eigenvalue weighted by atomic mass is 79.9. The molecule has 0 aliphatic carbocycles. The first-order valence-electron chi connectivity index (χ1n) is 5.37. The normalized spacial score (nSPS) is 10.9. The Morgan fingerprint density at radius 3 is 2.76 bits per heavy atom. The van der Waals surface area contributed by atoms with Gasteiger partial charge in [-0.3, -0.25) is 0 Å². The molecule has 0 spiro atoms. The van der Waals surface area contributed by atoms with Crippen LogP contribution in [0.5, 0.6) is 0 Å². The Hall–Kier alpha value is -1.19. The Morgan fingerprint density at radius 2 is 1.94 bits per heavy atom. The van der Waals surface area contributed by atoms with Crippen LogP contribution in [0.2, 0.25) is 0 Å². The zero-order valence-corrected chi connectivity index (χ0v) is 11.5. The van der Waals surface area contributed by atoms with Gasteiger partial charge in [0.05, 0.1) is 10.2 Å². The van der Waals surface area contributed by atoms with Gasteiger partial charge in [-0.25, -0.2) is 4.98 Å². The SMILES string of the molecule is BrCc1cccc(-c2nc3ccccc3s2)c1. The second kappa shape index (κ2) is 4.59. The Balaban J connectivity index is 2.13. The fourth-order valence-corrected chi connectivity index (χ4v) is 3.09. The number of hydrogen-bond donors (Lipinski definition) is 0. The third kappa shape index (κ3) is 2.13. The molecular weight excluding hydrogens is 294 g/mol. The van der Waals surface area contributed by atoms with Crippen molar-refractivity contribution in [2.45, 2.75) is 5.33 Å². The number of alkyl halides is 1. The van der Waals surface area contributed by atoms with Crippen molar-refractivity contribution < 1.29 is 0 Å². The Bertz CT molecular complexity index is 627. The van der Waals surface area contributed by atoms with Crippen LogP contribution >= 0.6 is 27.3 Å². The summed E-state index contributed by atoms with van der Waals surface area (Å²) in [6, 6.07) is 16.8. The van der Waals surface area contributed by atoms with Crippen LogP contribution < -0.4 is 0 Å². The van der Waals surface area contributed by atoms with E-state index in [1.54, 1.807) is 11.3 Å². The molecule has 0 N–H and O–H groups in total. The predicted octanol–water partition coefficient (Wildman–Crippen LogP) is 4.86. The Morgan fingerprint density at radius 1 is 1.06 bits per heavy atom. The number of fused-ring (bicyclic) bond motifs is 1. The lowest BCUT2D eigenvalue weighted by Gasteiger charge is -1.98. The monoisotopic (exact) mass is 303 g/mol. The van der Waals surface area contributed by atoms with E-state index in [1.165, 1.54) is 15.8 Å². The minimum atomic E-state index is 0.881. The first kappa shape index (κ1) is 10.9. The summed E-state index contributed by atoms with van der Waals surface area (Å²) in [5.74, 6) is 0. The molecule has 0 aliphatic rings. The van der Waals surface area contributed by atoms with Gasteiger partial charge in [-0.2, -0.15) is 0 Å². The topological polar surface area (TPSA) is 12.9 Å². The average molecular weight is 304 g/mol. The minimum absolute atomic E-state index is 0.881. The average Bonchev–Trinajstić information content (AvgIpc) is 2.82. The van der Waals surface area contributed by atoms with Crippen LogP contribution in [-0.2, 0) is 5.33 Å². The van der Waals surface area contributed by atoms with Crippen LogP contribution in [-0.4, -0.2) is 4.98 Å². The van der Waals surface area contributed by atoms with Gasteiger partial charge in [0.25, 0.3) is 0 Å². The summed E-state index contributed by atoms with van der Waals surface area (Å²) in [4.78, 5) is 4.66. The number of aromatic nitrogens is 1. The van der Waals surface area contributed by atoms with Crippen LogP contribution in [0.25, 0.3) is 20.8 Å². The van der Waals surface area contributed by atoms with E-state index in [1.807, 2.05) is 6.07 Å². The molecule has 0 amide bonds. The van der Waals surface area contributed by atoms with Gasteiger partial charge < -0.3 is 0 Å². The molecule has 3 heteroatoms. The number of hydrogen-bond acceptors (Lipinski definition) is 2. The molecule has 3 aromatic rings. The zero-order chi connectivity index (χ0) is 11.7. The largest absolute Gasteiger partial charge is 0.236 e. The summed E-state index contributed by atoms with van der Waals surface area (Å²) < 4.78 is 1.24. The number of benzene rings is 2. The summed E-state index contributed by atoms with van der Waals surface area (Å²) in [6.45, 7) is 0. The molecule has 0 atom stereocenters. The molecule has 0 fully saturated rings. The van der Waals surface area contributed by atoms with Gasteiger partial charge in [0.15, 0.2) is 0 Å². The molecule has 0 bridgehead atoms. The quantitative estimate of drug-likeness (QED) is 0.616. The van der Waals surface area contributed by atoms with Gasteiger partial charge in [-0.1, -0.05) is 46.3 Å². The van der Waals surface area contributed by atoms with Crippen molar-refractivity contribution in [1.82, 2.24) is 4.98 Å². The molecule has 0 saturated heterocycles. The number of rotatable bonds is 2. The highest BCUT2D eigenvalue weighted by molar-refractivity contribution is 9.08. The molecule has 1 nitrogen and oxygen atoms in total. The van der Waals surface area contributed by atoms with Crippen LogP contribution in [0.4, 0.5) is 0 Å². The fourth-order valence-electron chi connectivity index (χ4n) is 1.78. The highest BCUT2D eigenvalue weighted by Crippen LogP contribution is 2.30. The number of thiazole rings is 1. The molecule has 17 heavy (non-hydrogen) atoms. The molecule has 2 aromatic carbocycles.